The van der Waals surface area contributed by atoms with E-state index in [1.165, 1.54) is 18.5 Å². The van der Waals surface area contributed by atoms with E-state index in [1.54, 1.807) is 42.5 Å². The first kappa shape index (κ1) is 31.4. The van der Waals surface area contributed by atoms with Gasteiger partial charge in [-0.1, -0.05) is 24.3 Å². The number of hydrogen-bond acceptors (Lipinski definition) is 8. The Morgan fingerprint density at radius 2 is 1.53 bits per heavy atom. The van der Waals surface area contributed by atoms with Gasteiger partial charge in [0.2, 0.25) is 0 Å². The van der Waals surface area contributed by atoms with Crippen molar-refractivity contribution in [3.05, 3.63) is 96.4 Å². The van der Waals surface area contributed by atoms with Crippen molar-refractivity contribution in [1.82, 2.24) is 15.0 Å². The van der Waals surface area contributed by atoms with Gasteiger partial charge in [-0.05, 0) is 60.5 Å². The van der Waals surface area contributed by atoms with Gasteiger partial charge in [-0.2, -0.15) is 26.3 Å². The molecule has 0 saturated carbocycles. The molecule has 1 aliphatic rings. The summed E-state index contributed by atoms with van der Waals surface area (Å²) in [6.45, 7) is 0. The Labute approximate surface area is 249 Å². The van der Waals surface area contributed by atoms with Gasteiger partial charge in [0.15, 0.2) is 6.04 Å². The molecule has 45 heavy (non-hydrogen) atoms. The van der Waals surface area contributed by atoms with Gasteiger partial charge in [0.1, 0.15) is 0 Å². The molecule has 4 aromatic rings. The molecule has 3 amide bonds. The van der Waals surface area contributed by atoms with Gasteiger partial charge < -0.3 is 4.84 Å². The Morgan fingerprint density at radius 1 is 0.867 bits per heavy atom. The van der Waals surface area contributed by atoms with Gasteiger partial charge in [0.25, 0.3) is 15.7 Å². The second kappa shape index (κ2) is 11.5. The topological polar surface area (TPSA) is 127 Å². The van der Waals surface area contributed by atoms with Crippen LogP contribution in [0.2, 0.25) is 0 Å². The predicted molar refractivity (Wildman–Crippen MR) is 143 cm³/mol. The van der Waals surface area contributed by atoms with Crippen LogP contribution in [0.5, 0.6) is 0 Å². The number of urea groups is 1. The van der Waals surface area contributed by atoms with Crippen LogP contribution in [0.4, 0.5) is 36.8 Å². The second-order valence-electron chi connectivity index (χ2n) is 9.60. The minimum Gasteiger partial charge on any atom is -0.327 e. The average molecular weight is 653 g/mol. The molecule has 1 saturated heterocycles. The Balaban J connectivity index is 1.65. The molecule has 234 valence electrons. The fourth-order valence-electron chi connectivity index (χ4n) is 4.84. The molecule has 2 aromatic carbocycles. The van der Waals surface area contributed by atoms with Gasteiger partial charge in [-0.15, -0.1) is 5.06 Å². The highest BCUT2D eigenvalue weighted by molar-refractivity contribution is 7.92. The zero-order valence-corrected chi connectivity index (χ0v) is 23.2. The van der Waals surface area contributed by atoms with E-state index in [0.29, 0.717) is 46.4 Å². The number of hydrogen-bond donors (Lipinski definition) is 0. The third kappa shape index (κ3) is 5.90. The first-order chi connectivity index (χ1) is 21.1. The molecule has 0 unspecified atom stereocenters. The highest BCUT2D eigenvalue weighted by atomic mass is 32.2. The number of fused-ring (bicyclic) bond motifs is 1. The number of para-hydroxylation sites is 1. The van der Waals surface area contributed by atoms with Crippen LogP contribution in [-0.4, -0.2) is 59.1 Å². The van der Waals surface area contributed by atoms with Crippen molar-refractivity contribution in [2.45, 2.75) is 35.0 Å². The minimum atomic E-state index is -5.81. The molecule has 3 heterocycles. The van der Waals surface area contributed by atoms with Crippen molar-refractivity contribution in [1.29, 1.82) is 0 Å². The van der Waals surface area contributed by atoms with Crippen molar-refractivity contribution in [2.24, 2.45) is 0 Å². The van der Waals surface area contributed by atoms with Crippen LogP contribution in [0.15, 0.2) is 90.1 Å². The second-order valence-corrected chi connectivity index (χ2v) is 11.5. The van der Waals surface area contributed by atoms with Crippen LogP contribution in [0, 0.1) is 0 Å². The van der Waals surface area contributed by atoms with Crippen LogP contribution < -0.4 is 4.90 Å². The number of imide groups is 1. The van der Waals surface area contributed by atoms with E-state index in [0.717, 1.165) is 0 Å². The molecule has 2 aromatic heterocycles. The molecule has 5 rings (SSSR count). The molecular weight excluding hydrogens is 634 g/mol. The van der Waals surface area contributed by atoms with Gasteiger partial charge in [0, 0.05) is 29.4 Å². The van der Waals surface area contributed by atoms with Crippen molar-refractivity contribution in [2.75, 3.05) is 4.90 Å². The summed E-state index contributed by atoms with van der Waals surface area (Å²) in [5.74, 6) is -5.26. The van der Waals surface area contributed by atoms with Gasteiger partial charge in [-0.25, -0.2) is 22.9 Å². The number of anilines is 1. The fraction of sp³-hybridized carbons (Fsp3) is 0.179. The van der Waals surface area contributed by atoms with E-state index in [4.69, 9.17) is 0 Å². The monoisotopic (exact) mass is 652 g/mol. The minimum absolute atomic E-state index is 0.0403. The summed E-state index contributed by atoms with van der Waals surface area (Å²) in [4.78, 5) is 51.5. The molecule has 0 N–H and O–H groups in total. The summed E-state index contributed by atoms with van der Waals surface area (Å²) in [6.07, 6.45) is -2.97. The lowest BCUT2D eigenvalue weighted by atomic mass is 9.85. The standard InChI is InChI=1S/C28H18F6N4O6S/c29-27(30,31)25(40)44-38-23(24(39)37(26(38)41)17-8-10-18(11-9-17)45(42,43)28(32,33)34)21(15-16-5-3-4-13-35-16)19-12-14-36-22-7-2-1-6-20(19)22/h1-14,21,23H,15H2/t21-,23-/m0/s1. The van der Waals surface area contributed by atoms with E-state index in [-0.39, 0.29) is 16.4 Å². The lowest BCUT2D eigenvalue weighted by Crippen LogP contribution is -2.44. The number of rotatable bonds is 7. The summed E-state index contributed by atoms with van der Waals surface area (Å²) in [6, 6.07) is 11.6. The predicted octanol–water partition coefficient (Wildman–Crippen LogP) is 5.11. The highest BCUT2D eigenvalue weighted by Crippen LogP contribution is 2.39. The zero-order valence-electron chi connectivity index (χ0n) is 22.4. The van der Waals surface area contributed by atoms with Gasteiger partial charge in [-0.3, -0.25) is 14.8 Å². The van der Waals surface area contributed by atoms with Gasteiger partial charge >= 0.3 is 23.7 Å². The summed E-state index contributed by atoms with van der Waals surface area (Å²) in [5, 5.41) is 0.407. The number of halogens is 6. The van der Waals surface area contributed by atoms with Crippen LogP contribution in [0.25, 0.3) is 10.9 Å². The molecule has 1 fully saturated rings. The van der Waals surface area contributed by atoms with Crippen molar-refractivity contribution in [3.8, 4) is 0 Å². The number of pyridine rings is 2. The first-order valence-electron chi connectivity index (χ1n) is 12.7. The maximum absolute atomic E-state index is 14.0. The molecule has 0 bridgehead atoms. The fourth-order valence-corrected chi connectivity index (χ4v) is 5.60. The van der Waals surface area contributed by atoms with Crippen molar-refractivity contribution < 1.29 is 54.0 Å². The molecule has 0 radical (unpaired) electrons. The molecule has 10 nitrogen and oxygen atoms in total. The summed E-state index contributed by atoms with van der Waals surface area (Å²) >= 11 is 0. The number of hydroxylamine groups is 2. The molecular formula is C28H18F6N4O6S. The van der Waals surface area contributed by atoms with Crippen LogP contribution in [0.1, 0.15) is 17.2 Å². The van der Waals surface area contributed by atoms with E-state index >= 15 is 0 Å². The SMILES string of the molecule is O=C1[C@H]([C@@H](Cc2ccccn2)c2ccnc3ccccc23)N(OC(=O)C(F)(F)F)C(=O)N1c1ccc(S(=O)(=O)C(F)(F)F)cc1. The zero-order chi connectivity index (χ0) is 32.7. The first-order valence-corrected chi connectivity index (χ1v) is 14.2. The average Bonchev–Trinajstić information content (AvgIpc) is 3.23. The Bertz CT molecular complexity index is 1880. The normalized spacial score (nSPS) is 16.7. The number of carbonyl (C=O) groups excluding carboxylic acids is 3. The van der Waals surface area contributed by atoms with E-state index in [2.05, 4.69) is 14.8 Å². The lowest BCUT2D eigenvalue weighted by molar-refractivity contribution is -0.231. The Morgan fingerprint density at radius 3 is 2.16 bits per heavy atom. The van der Waals surface area contributed by atoms with Crippen molar-refractivity contribution >= 4 is 44.3 Å². The summed E-state index contributed by atoms with van der Waals surface area (Å²) in [5.41, 5.74) is -5.08. The van der Waals surface area contributed by atoms with Crippen LogP contribution in [0.3, 0.4) is 0 Å². The molecule has 0 aliphatic carbocycles. The molecule has 17 heteroatoms. The van der Waals surface area contributed by atoms with E-state index in [1.807, 2.05) is 0 Å². The number of aromatic nitrogens is 2. The van der Waals surface area contributed by atoms with Crippen LogP contribution in [-0.2, 0) is 30.7 Å². The number of carbonyl (C=O) groups is 3. The Kier molecular flexibility index (Phi) is 7.99. The maximum Gasteiger partial charge on any atom is 0.501 e. The number of sulfone groups is 1. The molecule has 2 atom stereocenters. The Hall–Kier alpha value is -5.06. The lowest BCUT2D eigenvalue weighted by Gasteiger charge is -2.28. The molecule has 0 spiro atoms. The number of alkyl halides is 6. The largest absolute Gasteiger partial charge is 0.501 e. The smallest absolute Gasteiger partial charge is 0.327 e. The highest BCUT2D eigenvalue weighted by Gasteiger charge is 2.55. The summed E-state index contributed by atoms with van der Waals surface area (Å²) in [7, 11) is -5.81. The number of amides is 3. The molecule has 1 aliphatic heterocycles. The van der Waals surface area contributed by atoms with Gasteiger partial charge in [0.05, 0.1) is 16.1 Å². The third-order valence-corrected chi connectivity index (χ3v) is 8.35. The maximum atomic E-state index is 14.0. The quantitative estimate of drug-likeness (QED) is 0.199. The van der Waals surface area contributed by atoms with Crippen LogP contribution >= 0.6 is 0 Å². The third-order valence-electron chi connectivity index (χ3n) is 6.85. The van der Waals surface area contributed by atoms with E-state index in [9.17, 15) is 49.1 Å². The summed E-state index contributed by atoms with van der Waals surface area (Å²) < 4.78 is 103. The number of nitrogens with zero attached hydrogens (tertiary/aromatic N) is 4. The van der Waals surface area contributed by atoms with E-state index < -0.39 is 62.0 Å². The number of benzene rings is 2. The van der Waals surface area contributed by atoms with Crippen molar-refractivity contribution in [3.63, 3.8) is 0 Å².